The molecule has 0 aromatic carbocycles. The molecule has 2 fully saturated rings. The normalized spacial score (nSPS) is 30.7. The van der Waals surface area contributed by atoms with Gasteiger partial charge in [0.2, 0.25) is 5.91 Å². The summed E-state index contributed by atoms with van der Waals surface area (Å²) in [7, 11) is 0. The lowest BCUT2D eigenvalue weighted by Gasteiger charge is -2.29. The van der Waals surface area contributed by atoms with E-state index in [1.54, 1.807) is 0 Å². The summed E-state index contributed by atoms with van der Waals surface area (Å²) < 4.78 is 5.25. The minimum absolute atomic E-state index is 0.0587. The van der Waals surface area contributed by atoms with Gasteiger partial charge in [0.05, 0.1) is 0 Å². The average molecular weight is 282 g/mol. The number of carbonyl (C=O) groups is 2. The third kappa shape index (κ3) is 3.44. The predicted molar refractivity (Wildman–Crippen MR) is 76.3 cm³/mol. The van der Waals surface area contributed by atoms with E-state index in [0.717, 1.165) is 25.7 Å². The molecule has 0 unspecified atom stereocenters. The van der Waals surface area contributed by atoms with Crippen LogP contribution in [0.5, 0.6) is 0 Å². The topological polar surface area (TPSA) is 58.6 Å². The molecule has 3 atom stereocenters. The van der Waals surface area contributed by atoms with E-state index in [-0.39, 0.29) is 11.9 Å². The molecule has 0 aromatic rings. The summed E-state index contributed by atoms with van der Waals surface area (Å²) in [4.78, 5) is 26.4. The number of nitrogens with zero attached hydrogens (tertiary/aromatic N) is 1. The van der Waals surface area contributed by atoms with E-state index in [1.165, 1.54) is 0 Å². The van der Waals surface area contributed by atoms with E-state index in [4.69, 9.17) is 4.74 Å². The Morgan fingerprint density at radius 1 is 1.25 bits per heavy atom. The molecule has 114 valence electrons. The standard InChI is InChI=1S/C15H26N2O3/c1-10-8-9-11-6-5-7-12(13(18)17(10)11)16-14(19)20-15(2,3)4/h10-12H,5-9H2,1-4H3,(H,16,19)/t10-,11+,12+/m1/s1. The molecule has 0 aromatic heterocycles. The van der Waals surface area contributed by atoms with Crippen molar-refractivity contribution in [3.8, 4) is 0 Å². The van der Waals surface area contributed by atoms with Gasteiger partial charge in [0.1, 0.15) is 11.6 Å². The van der Waals surface area contributed by atoms with E-state index in [9.17, 15) is 9.59 Å². The molecule has 2 aliphatic heterocycles. The van der Waals surface area contributed by atoms with Gasteiger partial charge in [0, 0.05) is 12.1 Å². The van der Waals surface area contributed by atoms with Crippen LogP contribution in [0.15, 0.2) is 0 Å². The van der Waals surface area contributed by atoms with Crippen molar-refractivity contribution in [3.05, 3.63) is 0 Å². The highest BCUT2D eigenvalue weighted by atomic mass is 16.6. The van der Waals surface area contributed by atoms with E-state index in [0.29, 0.717) is 12.5 Å². The first-order valence-corrected chi connectivity index (χ1v) is 7.59. The molecule has 0 saturated carbocycles. The Morgan fingerprint density at radius 2 is 1.95 bits per heavy atom. The highest BCUT2D eigenvalue weighted by Crippen LogP contribution is 2.31. The minimum Gasteiger partial charge on any atom is -0.444 e. The van der Waals surface area contributed by atoms with Crippen LogP contribution in [0.1, 0.15) is 59.8 Å². The monoisotopic (exact) mass is 282 g/mol. The van der Waals surface area contributed by atoms with E-state index in [2.05, 4.69) is 12.2 Å². The summed E-state index contributed by atoms with van der Waals surface area (Å²) in [6.45, 7) is 7.55. The summed E-state index contributed by atoms with van der Waals surface area (Å²) in [5.41, 5.74) is -0.540. The first-order chi connectivity index (χ1) is 9.28. The van der Waals surface area contributed by atoms with Crippen LogP contribution in [-0.2, 0) is 9.53 Å². The Labute approximate surface area is 121 Å². The molecule has 5 nitrogen and oxygen atoms in total. The van der Waals surface area contributed by atoms with Gasteiger partial charge in [-0.3, -0.25) is 4.79 Å². The zero-order valence-corrected chi connectivity index (χ0v) is 12.9. The van der Waals surface area contributed by atoms with Crippen LogP contribution in [0.2, 0.25) is 0 Å². The van der Waals surface area contributed by atoms with Crippen LogP contribution in [0.3, 0.4) is 0 Å². The lowest BCUT2D eigenvalue weighted by molar-refractivity contribution is -0.135. The number of nitrogens with one attached hydrogen (secondary N) is 1. The van der Waals surface area contributed by atoms with Crippen LogP contribution in [0, 0.1) is 0 Å². The van der Waals surface area contributed by atoms with Crippen LogP contribution in [0.4, 0.5) is 4.79 Å². The zero-order chi connectivity index (χ0) is 14.9. The molecular formula is C15H26N2O3. The number of amides is 2. The summed E-state index contributed by atoms with van der Waals surface area (Å²) >= 11 is 0. The maximum atomic E-state index is 12.6. The molecule has 0 aliphatic carbocycles. The Hall–Kier alpha value is -1.26. The molecular weight excluding hydrogens is 256 g/mol. The van der Waals surface area contributed by atoms with Crippen LogP contribution >= 0.6 is 0 Å². The van der Waals surface area contributed by atoms with Gasteiger partial charge in [-0.05, 0) is 59.8 Å². The predicted octanol–water partition coefficient (Wildman–Crippen LogP) is 2.44. The number of fused-ring (bicyclic) bond motifs is 1. The molecule has 20 heavy (non-hydrogen) atoms. The average Bonchev–Trinajstić information content (AvgIpc) is 2.58. The fraction of sp³-hybridized carbons (Fsp3) is 0.867. The molecule has 1 N–H and O–H groups in total. The van der Waals surface area contributed by atoms with Gasteiger partial charge < -0.3 is 15.0 Å². The highest BCUT2D eigenvalue weighted by Gasteiger charge is 2.40. The van der Waals surface area contributed by atoms with Crippen molar-refractivity contribution in [1.29, 1.82) is 0 Å². The molecule has 0 spiro atoms. The molecule has 2 aliphatic rings. The number of hydrogen-bond acceptors (Lipinski definition) is 3. The fourth-order valence-corrected chi connectivity index (χ4v) is 3.20. The van der Waals surface area contributed by atoms with Crippen LogP contribution in [-0.4, -0.2) is 40.6 Å². The second-order valence-corrected chi connectivity index (χ2v) is 6.96. The minimum atomic E-state index is -0.540. The number of hydrogen-bond donors (Lipinski definition) is 1. The number of rotatable bonds is 1. The quantitative estimate of drug-likeness (QED) is 0.803. The number of carbonyl (C=O) groups excluding carboxylic acids is 2. The first-order valence-electron chi connectivity index (χ1n) is 7.59. The maximum absolute atomic E-state index is 12.6. The Balaban J connectivity index is 2.01. The molecule has 5 heteroatoms. The van der Waals surface area contributed by atoms with Crippen molar-refractivity contribution in [3.63, 3.8) is 0 Å². The van der Waals surface area contributed by atoms with E-state index >= 15 is 0 Å². The first kappa shape index (κ1) is 15.1. The van der Waals surface area contributed by atoms with Crippen LogP contribution in [0.25, 0.3) is 0 Å². The van der Waals surface area contributed by atoms with Gasteiger partial charge in [-0.1, -0.05) is 0 Å². The van der Waals surface area contributed by atoms with Crippen LogP contribution < -0.4 is 5.32 Å². The van der Waals surface area contributed by atoms with Crippen molar-refractivity contribution < 1.29 is 14.3 Å². The third-order valence-electron chi connectivity index (χ3n) is 4.06. The Bertz CT molecular complexity index is 389. The summed E-state index contributed by atoms with van der Waals surface area (Å²) in [6, 6.07) is 0.215. The second kappa shape index (κ2) is 5.62. The molecule has 0 radical (unpaired) electrons. The summed E-state index contributed by atoms with van der Waals surface area (Å²) in [5.74, 6) is 0.0587. The Kier molecular flexibility index (Phi) is 4.25. The molecule has 2 rings (SSSR count). The molecule has 2 amide bonds. The van der Waals surface area contributed by atoms with Gasteiger partial charge >= 0.3 is 6.09 Å². The summed E-state index contributed by atoms with van der Waals surface area (Å²) in [5, 5.41) is 2.75. The zero-order valence-electron chi connectivity index (χ0n) is 12.9. The molecule has 2 saturated heterocycles. The van der Waals surface area contributed by atoms with Gasteiger partial charge in [-0.2, -0.15) is 0 Å². The Morgan fingerprint density at radius 3 is 2.60 bits per heavy atom. The van der Waals surface area contributed by atoms with E-state index < -0.39 is 17.7 Å². The van der Waals surface area contributed by atoms with Crippen molar-refractivity contribution >= 4 is 12.0 Å². The van der Waals surface area contributed by atoms with Crippen molar-refractivity contribution in [2.45, 2.75) is 83.5 Å². The number of alkyl carbamates (subject to hydrolysis) is 1. The van der Waals surface area contributed by atoms with Gasteiger partial charge in [-0.15, -0.1) is 0 Å². The maximum Gasteiger partial charge on any atom is 0.408 e. The van der Waals surface area contributed by atoms with Gasteiger partial charge in [-0.25, -0.2) is 4.79 Å². The SMILES string of the molecule is C[C@@H]1CC[C@@H]2CCC[C@H](NC(=O)OC(C)(C)C)C(=O)N21. The van der Waals surface area contributed by atoms with Crippen molar-refractivity contribution in [2.75, 3.05) is 0 Å². The van der Waals surface area contributed by atoms with Gasteiger partial charge in [0.25, 0.3) is 0 Å². The lowest BCUT2D eigenvalue weighted by atomic mass is 10.1. The smallest absolute Gasteiger partial charge is 0.408 e. The second-order valence-electron chi connectivity index (χ2n) is 6.96. The molecule has 0 bridgehead atoms. The van der Waals surface area contributed by atoms with E-state index in [1.807, 2.05) is 25.7 Å². The van der Waals surface area contributed by atoms with Crippen molar-refractivity contribution in [1.82, 2.24) is 10.2 Å². The third-order valence-corrected chi connectivity index (χ3v) is 4.06. The fourth-order valence-electron chi connectivity index (χ4n) is 3.20. The number of ether oxygens (including phenoxy) is 1. The van der Waals surface area contributed by atoms with Crippen molar-refractivity contribution in [2.24, 2.45) is 0 Å². The summed E-state index contributed by atoms with van der Waals surface area (Å²) in [6.07, 6.45) is 4.38. The van der Waals surface area contributed by atoms with Gasteiger partial charge in [0.15, 0.2) is 0 Å². The highest BCUT2D eigenvalue weighted by molar-refractivity contribution is 5.86. The lowest BCUT2D eigenvalue weighted by Crippen LogP contribution is -2.51. The molecule has 2 heterocycles. The largest absolute Gasteiger partial charge is 0.444 e.